The predicted molar refractivity (Wildman–Crippen MR) is 264 cm³/mol. The Kier molecular flexibility index (Phi) is 28.4. The number of rotatable bonds is 6. The Morgan fingerprint density at radius 3 is 1.17 bits per heavy atom. The van der Waals surface area contributed by atoms with Gasteiger partial charge in [-0.1, -0.05) is 187 Å². The molecule has 0 fully saturated rings. The van der Waals surface area contributed by atoms with Crippen molar-refractivity contribution in [3.05, 3.63) is 211 Å². The van der Waals surface area contributed by atoms with E-state index in [2.05, 4.69) is 78.8 Å². The van der Waals surface area contributed by atoms with Gasteiger partial charge in [-0.25, -0.2) is 26.3 Å². The van der Waals surface area contributed by atoms with Crippen molar-refractivity contribution in [3.8, 4) is 0 Å². The van der Waals surface area contributed by atoms with E-state index in [9.17, 15) is 26.3 Å². The van der Waals surface area contributed by atoms with E-state index in [1.54, 1.807) is 24.3 Å². The summed E-state index contributed by atoms with van der Waals surface area (Å²) < 4.78 is 75.9. The summed E-state index contributed by atoms with van der Waals surface area (Å²) in [4.78, 5) is 0. The summed E-state index contributed by atoms with van der Waals surface area (Å²) in [6.45, 7) is 26.3. The van der Waals surface area contributed by atoms with E-state index < -0.39 is 23.3 Å². The second-order valence-electron chi connectivity index (χ2n) is 16.9. The van der Waals surface area contributed by atoms with Gasteiger partial charge in [0, 0.05) is 11.1 Å². The van der Waals surface area contributed by atoms with Gasteiger partial charge in [0.25, 0.3) is 0 Å². The van der Waals surface area contributed by atoms with Crippen molar-refractivity contribution < 1.29 is 26.3 Å². The quantitative estimate of drug-likeness (QED) is 0.146. The highest BCUT2D eigenvalue weighted by Crippen LogP contribution is 2.26. The molecule has 0 N–H and O–H groups in total. The van der Waals surface area contributed by atoms with Crippen LogP contribution >= 0.6 is 23.2 Å². The largest absolute Gasteiger partial charge is 0.207 e. The molecule has 0 spiro atoms. The first kappa shape index (κ1) is 59.5. The second kappa shape index (κ2) is 30.6. The van der Waals surface area contributed by atoms with Crippen molar-refractivity contribution in [1.82, 2.24) is 0 Å². The van der Waals surface area contributed by atoms with E-state index >= 15 is 0 Å². The van der Waals surface area contributed by atoms with Crippen LogP contribution in [0.3, 0.4) is 0 Å². The molecule has 6 aromatic rings. The molecule has 0 nitrogen and oxygen atoms in total. The molecular weight excluding hydrogens is 858 g/mol. The smallest absolute Gasteiger partial charge is 0.162 e. The lowest BCUT2D eigenvalue weighted by molar-refractivity contribution is 0.494. The third-order valence-corrected chi connectivity index (χ3v) is 10.1. The SMILES string of the molecule is C.CC(C)c1cc(F)cc(F)c1.CC(C)c1cccc(F)c1.CC(C)c1cccc(F)c1Cl.CC(C)c1cccc(F)c1F.CC(C)c1ccccc1.Cc1cc(Cl)cc(C(C)C)c1. The minimum Gasteiger partial charge on any atom is -0.207 e. The lowest BCUT2D eigenvalue weighted by Crippen LogP contribution is -1.95. The highest BCUT2D eigenvalue weighted by molar-refractivity contribution is 6.31. The first-order valence-electron chi connectivity index (χ1n) is 21.4. The second-order valence-corrected chi connectivity index (χ2v) is 17.8. The normalized spacial score (nSPS) is 10.4. The van der Waals surface area contributed by atoms with Gasteiger partial charge in [0.15, 0.2) is 11.6 Å². The minimum absolute atomic E-state index is 0. The van der Waals surface area contributed by atoms with Crippen LogP contribution < -0.4 is 0 Å². The van der Waals surface area contributed by atoms with Crippen molar-refractivity contribution in [1.29, 1.82) is 0 Å². The summed E-state index contributed by atoms with van der Waals surface area (Å²) in [6.07, 6.45) is 0. The van der Waals surface area contributed by atoms with Crippen LogP contribution in [0.5, 0.6) is 0 Å². The van der Waals surface area contributed by atoms with Gasteiger partial charge in [-0.15, -0.1) is 0 Å². The fourth-order valence-corrected chi connectivity index (χ4v) is 6.29. The van der Waals surface area contributed by atoms with Gasteiger partial charge in [-0.2, -0.15) is 0 Å². The van der Waals surface area contributed by atoms with E-state index in [4.69, 9.17) is 23.2 Å². The van der Waals surface area contributed by atoms with Crippen LogP contribution in [-0.4, -0.2) is 0 Å². The number of halogens is 8. The third kappa shape index (κ3) is 22.9. The zero-order valence-electron chi connectivity index (χ0n) is 39.1. The van der Waals surface area contributed by atoms with Crippen molar-refractivity contribution in [3.63, 3.8) is 0 Å². The molecule has 64 heavy (non-hydrogen) atoms. The molecule has 6 rings (SSSR count). The van der Waals surface area contributed by atoms with Gasteiger partial charge in [0.2, 0.25) is 0 Å². The standard InChI is InChI=1S/C10H13Cl.C9H10ClF.2C9H10F2.C9H11F.C9H12.CH4/c1-7(2)9-4-8(3)5-10(11)6-9;1-6(2)7-4-3-5-8(11)9(7)10;1-6(2)7-3-8(10)5-9(11)4-7;1-6(2)7-4-3-5-8(10)9(7)11;1-7(2)8-4-3-5-9(10)6-8;1-8(2)9-6-4-3-5-7-9;/h4-7H,1-3H3;3*3-6H,1-2H3;3-7H,1-2H3;3-8H,1-2H3;1H4. The Morgan fingerprint density at radius 1 is 0.359 bits per heavy atom. The van der Waals surface area contributed by atoms with E-state index in [0.29, 0.717) is 28.9 Å². The van der Waals surface area contributed by atoms with Gasteiger partial charge >= 0.3 is 0 Å². The summed E-state index contributed by atoms with van der Waals surface area (Å²) in [6, 6.07) is 36.1. The molecule has 0 aliphatic rings. The maximum atomic E-state index is 12.9. The molecular formula is C56H70Cl2F6. The van der Waals surface area contributed by atoms with Crippen LogP contribution in [0.1, 0.15) is 165 Å². The molecule has 0 aromatic heterocycles. The number of hydrogen-bond acceptors (Lipinski definition) is 0. The van der Waals surface area contributed by atoms with E-state index in [1.165, 1.54) is 47.0 Å². The van der Waals surface area contributed by atoms with Crippen LogP contribution in [-0.2, 0) is 0 Å². The zero-order chi connectivity index (χ0) is 48.0. The fourth-order valence-electron chi connectivity index (χ4n) is 5.64. The molecule has 0 unspecified atom stereocenters. The number of aryl methyl sites for hydroxylation is 1. The highest BCUT2D eigenvalue weighted by atomic mass is 35.5. The molecule has 0 radical (unpaired) electrons. The average Bonchev–Trinajstić information content (AvgIpc) is 3.20. The Labute approximate surface area is 392 Å². The summed E-state index contributed by atoms with van der Waals surface area (Å²) in [5.74, 6) is -0.872. The van der Waals surface area contributed by atoms with Gasteiger partial charge in [0.1, 0.15) is 23.3 Å². The number of hydrogen-bond donors (Lipinski definition) is 0. The molecule has 0 atom stereocenters. The molecule has 350 valence electrons. The number of benzene rings is 6. The van der Waals surface area contributed by atoms with E-state index in [1.807, 2.05) is 71.9 Å². The van der Waals surface area contributed by atoms with Crippen LogP contribution in [0.15, 0.2) is 127 Å². The summed E-state index contributed by atoms with van der Waals surface area (Å²) >= 11 is 11.6. The van der Waals surface area contributed by atoms with Gasteiger partial charge < -0.3 is 0 Å². The molecule has 8 heteroatoms. The third-order valence-electron chi connectivity index (χ3n) is 9.47. The highest BCUT2D eigenvalue weighted by Gasteiger charge is 2.10. The molecule has 0 amide bonds. The van der Waals surface area contributed by atoms with Crippen molar-refractivity contribution >= 4 is 23.2 Å². The van der Waals surface area contributed by atoms with Crippen molar-refractivity contribution in [2.45, 2.75) is 133 Å². The zero-order valence-corrected chi connectivity index (χ0v) is 40.6. The Bertz CT molecular complexity index is 2060. The van der Waals surface area contributed by atoms with Crippen molar-refractivity contribution in [2.75, 3.05) is 0 Å². The lowest BCUT2D eigenvalue weighted by atomic mass is 10.0. The Morgan fingerprint density at radius 2 is 0.781 bits per heavy atom. The molecule has 0 bridgehead atoms. The Balaban J connectivity index is 0.000000743. The average molecular weight is 928 g/mol. The fraction of sp³-hybridized carbons (Fsp3) is 0.357. The van der Waals surface area contributed by atoms with Crippen LogP contribution in [0, 0.1) is 41.8 Å². The molecule has 0 saturated heterocycles. The molecule has 0 heterocycles. The Hall–Kier alpha value is -4.52. The summed E-state index contributed by atoms with van der Waals surface area (Å²) in [7, 11) is 0. The van der Waals surface area contributed by atoms with Gasteiger partial charge in [-0.3, -0.25) is 0 Å². The summed E-state index contributed by atoms with van der Waals surface area (Å²) in [5, 5.41) is 1.09. The predicted octanol–water partition coefficient (Wildman–Crippen LogP) is 19.9. The van der Waals surface area contributed by atoms with Crippen LogP contribution in [0.4, 0.5) is 26.3 Å². The topological polar surface area (TPSA) is 0 Å². The monoisotopic (exact) mass is 926 g/mol. The maximum Gasteiger partial charge on any atom is 0.162 e. The minimum atomic E-state index is -0.767. The van der Waals surface area contributed by atoms with E-state index in [-0.39, 0.29) is 41.8 Å². The first-order valence-corrected chi connectivity index (χ1v) is 22.1. The van der Waals surface area contributed by atoms with Crippen LogP contribution in [0.25, 0.3) is 0 Å². The van der Waals surface area contributed by atoms with Gasteiger partial charge in [-0.05, 0) is 130 Å². The first-order chi connectivity index (χ1) is 29.4. The van der Waals surface area contributed by atoms with Crippen molar-refractivity contribution in [2.24, 2.45) is 0 Å². The molecule has 0 aliphatic heterocycles. The van der Waals surface area contributed by atoms with Gasteiger partial charge in [0.05, 0.1) is 5.02 Å². The van der Waals surface area contributed by atoms with E-state index in [0.717, 1.165) is 28.3 Å². The molecule has 6 aromatic carbocycles. The molecule has 0 saturated carbocycles. The van der Waals surface area contributed by atoms with Crippen LogP contribution in [0.2, 0.25) is 10.0 Å². The molecule has 0 aliphatic carbocycles. The maximum absolute atomic E-state index is 12.9. The summed E-state index contributed by atoms with van der Waals surface area (Å²) in [5.41, 5.74) is 7.02. The lowest BCUT2D eigenvalue weighted by Gasteiger charge is -2.07.